The number of hydrogen-bond acceptors (Lipinski definition) is 5. The van der Waals surface area contributed by atoms with E-state index in [2.05, 4.69) is 12.2 Å². The van der Waals surface area contributed by atoms with Crippen molar-refractivity contribution in [3.63, 3.8) is 0 Å². The second-order valence-corrected chi connectivity index (χ2v) is 6.07. The number of nitrogens with one attached hydrogen (secondary N) is 1. The Morgan fingerprint density at radius 3 is 2.20 bits per heavy atom. The van der Waals surface area contributed by atoms with Crippen molar-refractivity contribution in [1.29, 1.82) is 0 Å². The van der Waals surface area contributed by atoms with Crippen LogP contribution in [0.1, 0.15) is 58.3 Å². The molecule has 5 heteroatoms. The van der Waals surface area contributed by atoms with Crippen molar-refractivity contribution in [2.45, 2.75) is 82.1 Å². The van der Waals surface area contributed by atoms with Crippen LogP contribution in [0.3, 0.4) is 0 Å². The summed E-state index contributed by atoms with van der Waals surface area (Å²) in [5.74, 6) is 0. The zero-order chi connectivity index (χ0) is 15.0. The summed E-state index contributed by atoms with van der Waals surface area (Å²) in [6.07, 6.45) is 5.49. The lowest BCUT2D eigenvalue weighted by molar-refractivity contribution is -0.135. The molecule has 5 nitrogen and oxygen atoms in total. The largest absolute Gasteiger partial charge is 0.394 e. The molecule has 0 amide bonds. The van der Waals surface area contributed by atoms with E-state index in [1.807, 2.05) is 0 Å². The first-order valence-electron chi connectivity index (χ1n) is 7.97. The van der Waals surface area contributed by atoms with Crippen LogP contribution in [-0.4, -0.2) is 57.4 Å². The Morgan fingerprint density at radius 1 is 1.00 bits per heavy atom. The number of aliphatic hydroxyl groups excluding tert-OH is 4. The predicted octanol–water partition coefficient (Wildman–Crippen LogP) is 0.544. The Morgan fingerprint density at radius 2 is 1.60 bits per heavy atom. The summed E-state index contributed by atoms with van der Waals surface area (Å²) < 4.78 is 0. The topological polar surface area (TPSA) is 93.0 Å². The zero-order valence-electron chi connectivity index (χ0n) is 12.6. The minimum absolute atomic E-state index is 0.204. The van der Waals surface area contributed by atoms with Gasteiger partial charge in [0, 0.05) is 6.54 Å². The van der Waals surface area contributed by atoms with Gasteiger partial charge in [-0.05, 0) is 6.42 Å². The molecule has 0 aliphatic carbocycles. The fourth-order valence-electron chi connectivity index (χ4n) is 2.93. The van der Waals surface area contributed by atoms with E-state index < -0.39 is 23.9 Å². The van der Waals surface area contributed by atoms with E-state index >= 15 is 0 Å². The molecule has 1 aliphatic rings. The van der Waals surface area contributed by atoms with Crippen LogP contribution in [0.2, 0.25) is 0 Å². The summed E-state index contributed by atoms with van der Waals surface area (Å²) in [4.78, 5) is 0. The molecule has 1 rings (SSSR count). The summed E-state index contributed by atoms with van der Waals surface area (Å²) in [5.41, 5.74) is -0.873. The van der Waals surface area contributed by atoms with Crippen molar-refractivity contribution in [3.8, 4) is 0 Å². The smallest absolute Gasteiger partial charge is 0.109 e. The molecule has 0 saturated carbocycles. The lowest BCUT2D eigenvalue weighted by Gasteiger charge is -2.45. The Bertz CT molecular complexity index is 264. The van der Waals surface area contributed by atoms with Crippen molar-refractivity contribution < 1.29 is 20.4 Å². The molecule has 0 aromatic heterocycles. The normalized spacial score (nSPS) is 34.4. The fraction of sp³-hybridized carbons (Fsp3) is 1.00. The summed E-state index contributed by atoms with van der Waals surface area (Å²) in [6, 6.07) is 0. The minimum Gasteiger partial charge on any atom is -0.394 e. The molecule has 5 N–H and O–H groups in total. The van der Waals surface area contributed by atoms with Crippen LogP contribution >= 0.6 is 0 Å². The first kappa shape index (κ1) is 17.9. The molecule has 1 fully saturated rings. The van der Waals surface area contributed by atoms with Crippen molar-refractivity contribution in [2.75, 3.05) is 13.2 Å². The SMILES string of the molecule is CCCCCCCCC[C@]1(CO)NC[C@H](O)[C@@H](O)[C@@H]1O. The Kier molecular flexibility index (Phi) is 7.99. The van der Waals surface area contributed by atoms with E-state index in [-0.39, 0.29) is 13.2 Å². The molecule has 0 aromatic carbocycles. The number of piperidine rings is 1. The molecule has 0 unspecified atom stereocenters. The third kappa shape index (κ3) is 4.67. The van der Waals surface area contributed by atoms with Crippen molar-refractivity contribution in [2.24, 2.45) is 0 Å². The third-order valence-corrected chi connectivity index (χ3v) is 4.46. The predicted molar refractivity (Wildman–Crippen MR) is 78.4 cm³/mol. The maximum absolute atomic E-state index is 10.1. The van der Waals surface area contributed by atoms with Gasteiger partial charge in [-0.2, -0.15) is 0 Å². The van der Waals surface area contributed by atoms with E-state index in [4.69, 9.17) is 0 Å². The van der Waals surface area contributed by atoms with Crippen LogP contribution in [0.5, 0.6) is 0 Å². The average Bonchev–Trinajstić information content (AvgIpc) is 2.46. The highest BCUT2D eigenvalue weighted by Gasteiger charge is 2.46. The van der Waals surface area contributed by atoms with Gasteiger partial charge in [-0.15, -0.1) is 0 Å². The van der Waals surface area contributed by atoms with Gasteiger partial charge in [0.1, 0.15) is 12.2 Å². The molecule has 0 aromatic rings. The first-order chi connectivity index (χ1) is 9.57. The van der Waals surface area contributed by atoms with Crippen LogP contribution < -0.4 is 5.32 Å². The Balaban J connectivity index is 2.31. The van der Waals surface area contributed by atoms with E-state index in [0.717, 1.165) is 12.8 Å². The van der Waals surface area contributed by atoms with Crippen LogP contribution in [0.15, 0.2) is 0 Å². The quantitative estimate of drug-likeness (QED) is 0.400. The molecule has 0 bridgehead atoms. The lowest BCUT2D eigenvalue weighted by atomic mass is 9.79. The molecule has 1 aliphatic heterocycles. The van der Waals surface area contributed by atoms with E-state index in [9.17, 15) is 20.4 Å². The summed E-state index contributed by atoms with van der Waals surface area (Å²) in [6.45, 7) is 2.17. The maximum Gasteiger partial charge on any atom is 0.109 e. The molecule has 4 atom stereocenters. The molecular formula is C15H31NO4. The number of aliphatic hydroxyl groups is 4. The van der Waals surface area contributed by atoms with Gasteiger partial charge in [0.05, 0.1) is 18.2 Å². The maximum atomic E-state index is 10.1. The highest BCUT2D eigenvalue weighted by atomic mass is 16.4. The Hall–Kier alpha value is -0.200. The van der Waals surface area contributed by atoms with Gasteiger partial charge in [0.15, 0.2) is 0 Å². The van der Waals surface area contributed by atoms with Crippen molar-refractivity contribution >= 4 is 0 Å². The van der Waals surface area contributed by atoms with Gasteiger partial charge in [0.2, 0.25) is 0 Å². The van der Waals surface area contributed by atoms with Crippen molar-refractivity contribution in [1.82, 2.24) is 5.32 Å². The van der Waals surface area contributed by atoms with Crippen LogP contribution in [0.25, 0.3) is 0 Å². The van der Waals surface area contributed by atoms with Gasteiger partial charge in [-0.25, -0.2) is 0 Å². The standard InChI is InChI=1S/C15H31NO4/c1-2-3-4-5-6-7-8-9-15(11-17)14(20)13(19)12(18)10-16-15/h12-14,16-20H,2-11H2,1H3/t12-,13+,14-,15+/m0/s1. The molecule has 1 heterocycles. The number of unbranched alkanes of at least 4 members (excludes halogenated alkanes) is 6. The second kappa shape index (κ2) is 8.95. The van der Waals surface area contributed by atoms with Gasteiger partial charge >= 0.3 is 0 Å². The molecular weight excluding hydrogens is 258 g/mol. The minimum atomic E-state index is -1.19. The number of hydrogen-bond donors (Lipinski definition) is 5. The first-order valence-corrected chi connectivity index (χ1v) is 7.97. The van der Waals surface area contributed by atoms with Crippen LogP contribution in [0.4, 0.5) is 0 Å². The molecule has 120 valence electrons. The summed E-state index contributed by atoms with van der Waals surface area (Å²) in [7, 11) is 0. The second-order valence-electron chi connectivity index (χ2n) is 6.07. The molecule has 20 heavy (non-hydrogen) atoms. The number of rotatable bonds is 9. The van der Waals surface area contributed by atoms with Gasteiger partial charge in [-0.1, -0.05) is 51.9 Å². The van der Waals surface area contributed by atoms with Crippen LogP contribution in [-0.2, 0) is 0 Å². The van der Waals surface area contributed by atoms with Gasteiger partial charge < -0.3 is 25.7 Å². The summed E-state index contributed by atoms with van der Waals surface area (Å²) >= 11 is 0. The molecule has 0 spiro atoms. The van der Waals surface area contributed by atoms with E-state index in [1.165, 1.54) is 32.1 Å². The van der Waals surface area contributed by atoms with E-state index in [1.54, 1.807) is 0 Å². The number of β-amino-alcohol motifs (C(OH)–C–C–N with tert-alkyl or cyclic N) is 1. The van der Waals surface area contributed by atoms with E-state index in [0.29, 0.717) is 6.42 Å². The highest BCUT2D eigenvalue weighted by molar-refractivity contribution is 5.04. The monoisotopic (exact) mass is 289 g/mol. The van der Waals surface area contributed by atoms with Gasteiger partial charge in [0.25, 0.3) is 0 Å². The summed E-state index contributed by atoms with van der Waals surface area (Å²) in [5, 5.41) is 42.0. The highest BCUT2D eigenvalue weighted by Crippen LogP contribution is 2.26. The fourth-order valence-corrected chi connectivity index (χ4v) is 2.93. The molecule has 1 saturated heterocycles. The third-order valence-electron chi connectivity index (χ3n) is 4.46. The van der Waals surface area contributed by atoms with Gasteiger partial charge in [-0.3, -0.25) is 0 Å². The average molecular weight is 289 g/mol. The molecule has 0 radical (unpaired) electrons. The lowest BCUT2D eigenvalue weighted by Crippen LogP contribution is -2.69. The Labute approximate surface area is 122 Å². The zero-order valence-corrected chi connectivity index (χ0v) is 12.6. The van der Waals surface area contributed by atoms with Crippen LogP contribution in [0, 0.1) is 0 Å². The van der Waals surface area contributed by atoms with Crippen molar-refractivity contribution in [3.05, 3.63) is 0 Å².